The topological polar surface area (TPSA) is 66.9 Å². The molecule has 1 amide bonds. The summed E-state index contributed by atoms with van der Waals surface area (Å²) in [7, 11) is -1.89. The number of fused-ring (bicyclic) bond motifs is 1. The largest absolute Gasteiger partial charge is 0.497 e. The van der Waals surface area contributed by atoms with Crippen molar-refractivity contribution in [1.82, 2.24) is 4.31 Å². The zero-order valence-electron chi connectivity index (χ0n) is 18.4. The molecule has 0 saturated carbocycles. The predicted octanol–water partition coefficient (Wildman–Crippen LogP) is 3.69. The summed E-state index contributed by atoms with van der Waals surface area (Å²) in [5, 5.41) is 0. The van der Waals surface area contributed by atoms with Gasteiger partial charge in [-0.2, -0.15) is 4.31 Å². The predicted molar refractivity (Wildman–Crippen MR) is 121 cm³/mol. The number of nitrogens with zero attached hydrogens (tertiary/aromatic N) is 2. The van der Waals surface area contributed by atoms with Crippen LogP contribution in [0.5, 0.6) is 5.75 Å². The lowest BCUT2D eigenvalue weighted by atomic mass is 9.94. The number of methoxy groups -OCH3 is 1. The third-order valence-corrected chi connectivity index (χ3v) is 8.49. The van der Waals surface area contributed by atoms with Crippen molar-refractivity contribution in [2.24, 2.45) is 5.92 Å². The summed E-state index contributed by atoms with van der Waals surface area (Å²) in [4.78, 5) is 15.5. The molecule has 2 aromatic rings. The molecule has 0 unspecified atom stereocenters. The third-order valence-electron chi connectivity index (χ3n) is 6.59. The number of rotatable bonds is 4. The molecule has 0 aromatic heterocycles. The van der Waals surface area contributed by atoms with Gasteiger partial charge in [-0.05, 0) is 86.6 Å². The van der Waals surface area contributed by atoms with E-state index in [4.69, 9.17) is 4.74 Å². The Morgan fingerprint density at radius 1 is 1.00 bits per heavy atom. The molecule has 0 aliphatic carbocycles. The van der Waals surface area contributed by atoms with E-state index in [-0.39, 0.29) is 11.8 Å². The maximum Gasteiger partial charge on any atom is 0.243 e. The van der Waals surface area contributed by atoms with Crippen LogP contribution in [0.2, 0.25) is 0 Å². The van der Waals surface area contributed by atoms with E-state index >= 15 is 0 Å². The Morgan fingerprint density at radius 3 is 2.42 bits per heavy atom. The number of amides is 1. The number of ether oxygens (including phenoxy) is 1. The Hall–Kier alpha value is -2.38. The van der Waals surface area contributed by atoms with Gasteiger partial charge in [-0.25, -0.2) is 8.42 Å². The quantitative estimate of drug-likeness (QED) is 0.724. The maximum absolute atomic E-state index is 13.3. The van der Waals surface area contributed by atoms with Crippen molar-refractivity contribution < 1.29 is 17.9 Å². The Balaban J connectivity index is 1.46. The van der Waals surface area contributed by atoms with Crippen LogP contribution >= 0.6 is 0 Å². The lowest BCUT2D eigenvalue weighted by Crippen LogP contribution is -2.45. The molecule has 0 N–H and O–H groups in total. The summed E-state index contributed by atoms with van der Waals surface area (Å²) in [5.74, 6) is 0.756. The van der Waals surface area contributed by atoms with Gasteiger partial charge in [0.05, 0.1) is 12.0 Å². The molecule has 2 aliphatic rings. The minimum absolute atomic E-state index is 0.106. The average molecular weight is 443 g/mol. The molecule has 2 aliphatic heterocycles. The van der Waals surface area contributed by atoms with Gasteiger partial charge in [0, 0.05) is 31.2 Å². The zero-order chi connectivity index (χ0) is 22.2. The SMILES string of the molecule is COc1ccc2c(c1)CCCN2C(=O)C1CCN(S(=O)(=O)c2ccc(C)c(C)c2)CC1. The van der Waals surface area contributed by atoms with Crippen LogP contribution in [-0.4, -0.2) is 45.4 Å². The van der Waals surface area contributed by atoms with Crippen LogP contribution in [0.15, 0.2) is 41.3 Å². The lowest BCUT2D eigenvalue weighted by Gasteiger charge is -2.36. The minimum atomic E-state index is -3.54. The summed E-state index contributed by atoms with van der Waals surface area (Å²) in [6.07, 6.45) is 2.95. The minimum Gasteiger partial charge on any atom is -0.497 e. The fourth-order valence-electron chi connectivity index (χ4n) is 4.52. The average Bonchev–Trinajstić information content (AvgIpc) is 2.79. The van der Waals surface area contributed by atoms with Crippen LogP contribution in [0, 0.1) is 19.8 Å². The Morgan fingerprint density at radius 2 is 1.74 bits per heavy atom. The van der Waals surface area contributed by atoms with Crippen molar-refractivity contribution in [3.8, 4) is 5.75 Å². The van der Waals surface area contributed by atoms with Gasteiger partial charge in [0.2, 0.25) is 15.9 Å². The first-order valence-electron chi connectivity index (χ1n) is 10.9. The molecule has 2 heterocycles. The van der Waals surface area contributed by atoms with Crippen LogP contribution < -0.4 is 9.64 Å². The molecule has 0 radical (unpaired) electrons. The highest BCUT2D eigenvalue weighted by molar-refractivity contribution is 7.89. The molecule has 166 valence electrons. The lowest BCUT2D eigenvalue weighted by molar-refractivity contribution is -0.123. The molecule has 0 atom stereocenters. The van der Waals surface area contributed by atoms with Crippen LogP contribution in [0.25, 0.3) is 0 Å². The molecular weight excluding hydrogens is 412 g/mol. The summed E-state index contributed by atoms with van der Waals surface area (Å²) in [5.41, 5.74) is 4.13. The number of sulfonamides is 1. The molecule has 7 heteroatoms. The Bertz CT molecular complexity index is 1090. The van der Waals surface area contributed by atoms with Gasteiger partial charge < -0.3 is 9.64 Å². The standard InChI is InChI=1S/C24H30N2O4S/c1-17-6-8-22(15-18(17)2)31(28,29)25-13-10-19(11-14-25)24(27)26-12-4-5-20-16-21(30-3)7-9-23(20)26/h6-9,15-16,19H,4-5,10-14H2,1-3H3. The van der Waals surface area contributed by atoms with E-state index in [0.29, 0.717) is 37.4 Å². The second kappa shape index (κ2) is 8.63. The molecule has 6 nitrogen and oxygen atoms in total. The number of piperidine rings is 1. The van der Waals surface area contributed by atoms with E-state index in [1.807, 2.05) is 43.0 Å². The molecule has 2 aromatic carbocycles. The number of carbonyl (C=O) groups excluding carboxylic acids is 1. The molecule has 1 saturated heterocycles. The van der Waals surface area contributed by atoms with Crippen molar-refractivity contribution in [2.45, 2.75) is 44.4 Å². The van der Waals surface area contributed by atoms with Crippen molar-refractivity contribution in [1.29, 1.82) is 0 Å². The molecule has 31 heavy (non-hydrogen) atoms. The van der Waals surface area contributed by atoms with E-state index in [9.17, 15) is 13.2 Å². The second-order valence-electron chi connectivity index (χ2n) is 8.51. The summed E-state index contributed by atoms with van der Waals surface area (Å²) in [6.45, 7) is 5.34. The van der Waals surface area contributed by atoms with Gasteiger partial charge >= 0.3 is 0 Å². The Labute approximate surface area is 184 Å². The zero-order valence-corrected chi connectivity index (χ0v) is 19.2. The molecule has 0 bridgehead atoms. The number of aryl methyl sites for hydroxylation is 3. The van der Waals surface area contributed by atoms with Crippen molar-refractivity contribution in [2.75, 3.05) is 31.6 Å². The smallest absolute Gasteiger partial charge is 0.243 e. The first kappa shape index (κ1) is 21.8. The van der Waals surface area contributed by atoms with Gasteiger partial charge in [0.1, 0.15) is 5.75 Å². The van der Waals surface area contributed by atoms with Crippen LogP contribution in [0.3, 0.4) is 0 Å². The molecular formula is C24H30N2O4S. The molecule has 4 rings (SSSR count). The second-order valence-corrected chi connectivity index (χ2v) is 10.5. The number of hydrogen-bond donors (Lipinski definition) is 0. The van der Waals surface area contributed by atoms with Gasteiger partial charge in [-0.3, -0.25) is 4.79 Å². The maximum atomic E-state index is 13.3. The van der Waals surface area contributed by atoms with E-state index in [2.05, 4.69) is 0 Å². The van der Waals surface area contributed by atoms with Crippen LogP contribution in [0.4, 0.5) is 5.69 Å². The van der Waals surface area contributed by atoms with Gasteiger partial charge in [0.15, 0.2) is 0 Å². The van der Waals surface area contributed by atoms with Crippen LogP contribution in [-0.2, 0) is 21.2 Å². The number of anilines is 1. The summed E-state index contributed by atoms with van der Waals surface area (Å²) >= 11 is 0. The fraction of sp³-hybridized carbons (Fsp3) is 0.458. The van der Waals surface area contributed by atoms with Gasteiger partial charge in [-0.1, -0.05) is 6.07 Å². The van der Waals surface area contributed by atoms with Crippen molar-refractivity contribution in [3.63, 3.8) is 0 Å². The number of carbonyl (C=O) groups is 1. The summed E-state index contributed by atoms with van der Waals surface area (Å²) in [6, 6.07) is 11.1. The normalized spacial score (nSPS) is 18.0. The number of hydrogen-bond acceptors (Lipinski definition) is 4. The van der Waals surface area contributed by atoms with E-state index in [0.717, 1.165) is 41.0 Å². The first-order chi connectivity index (χ1) is 14.8. The first-order valence-corrected chi connectivity index (χ1v) is 12.3. The van der Waals surface area contributed by atoms with E-state index in [1.54, 1.807) is 19.2 Å². The van der Waals surface area contributed by atoms with Gasteiger partial charge in [-0.15, -0.1) is 0 Å². The summed E-state index contributed by atoms with van der Waals surface area (Å²) < 4.78 is 33.0. The highest BCUT2D eigenvalue weighted by atomic mass is 32.2. The highest BCUT2D eigenvalue weighted by Gasteiger charge is 2.35. The highest BCUT2D eigenvalue weighted by Crippen LogP contribution is 2.33. The van der Waals surface area contributed by atoms with Crippen molar-refractivity contribution in [3.05, 3.63) is 53.1 Å². The fourth-order valence-corrected chi connectivity index (χ4v) is 6.07. The molecule has 1 fully saturated rings. The third kappa shape index (κ3) is 4.21. The van der Waals surface area contributed by atoms with Crippen LogP contribution in [0.1, 0.15) is 36.0 Å². The number of benzene rings is 2. The molecule has 0 spiro atoms. The van der Waals surface area contributed by atoms with E-state index in [1.165, 1.54) is 4.31 Å². The van der Waals surface area contributed by atoms with Gasteiger partial charge in [0.25, 0.3) is 0 Å². The monoisotopic (exact) mass is 442 g/mol. The van der Waals surface area contributed by atoms with E-state index < -0.39 is 10.0 Å². The van der Waals surface area contributed by atoms with Crippen molar-refractivity contribution >= 4 is 21.6 Å². The Kier molecular flexibility index (Phi) is 6.08.